The highest BCUT2D eigenvalue weighted by molar-refractivity contribution is 6.35. The van der Waals surface area contributed by atoms with Crippen molar-refractivity contribution in [3.63, 3.8) is 0 Å². The summed E-state index contributed by atoms with van der Waals surface area (Å²) in [5.41, 5.74) is 1.06. The molecule has 0 saturated carbocycles. The van der Waals surface area contributed by atoms with Gasteiger partial charge in [-0.25, -0.2) is 4.79 Å². The Balaban J connectivity index is 2.38. The highest BCUT2D eigenvalue weighted by Crippen LogP contribution is 2.42. The minimum Gasteiger partial charge on any atom is -0.479 e. The van der Waals surface area contributed by atoms with Crippen LogP contribution in [-0.2, 0) is 21.6 Å². The lowest BCUT2D eigenvalue weighted by atomic mass is 9.87. The maximum absolute atomic E-state index is 11.9. The third kappa shape index (κ3) is 1.92. The van der Waals surface area contributed by atoms with Crippen LogP contribution in [0.2, 0.25) is 5.02 Å². The van der Waals surface area contributed by atoms with Gasteiger partial charge >= 0.3 is 5.97 Å². The first-order valence-electron chi connectivity index (χ1n) is 7.16. The van der Waals surface area contributed by atoms with Crippen LogP contribution in [0, 0.1) is 11.3 Å². The standard InChI is InChI=1S/C16H15ClN2O3/c1-2-6-16(15(20)21)14-10(5-7-22-16)12-9(8-18)3-4-11(17)13(12)19-14/h3-4,19H,2,5-7H2,1H3,(H,20,21). The quantitative estimate of drug-likeness (QED) is 0.908. The maximum Gasteiger partial charge on any atom is 0.342 e. The molecule has 6 heteroatoms. The molecule has 1 atom stereocenters. The Labute approximate surface area is 132 Å². The molecule has 1 aromatic heterocycles. The average Bonchev–Trinajstić information content (AvgIpc) is 2.90. The zero-order valence-electron chi connectivity index (χ0n) is 12.1. The maximum atomic E-state index is 11.9. The highest BCUT2D eigenvalue weighted by atomic mass is 35.5. The van der Waals surface area contributed by atoms with E-state index in [2.05, 4.69) is 11.1 Å². The Kier molecular flexibility index (Phi) is 3.59. The van der Waals surface area contributed by atoms with Crippen molar-refractivity contribution in [3.8, 4) is 6.07 Å². The van der Waals surface area contributed by atoms with Crippen LogP contribution < -0.4 is 0 Å². The molecule has 1 unspecified atom stereocenters. The number of nitriles is 1. The van der Waals surface area contributed by atoms with E-state index in [4.69, 9.17) is 16.3 Å². The number of H-pyrrole nitrogens is 1. The van der Waals surface area contributed by atoms with E-state index in [0.717, 1.165) is 10.9 Å². The molecule has 0 amide bonds. The number of aliphatic carboxylic acids is 1. The number of fused-ring (bicyclic) bond motifs is 3. The van der Waals surface area contributed by atoms with Crippen LogP contribution in [0.4, 0.5) is 0 Å². The van der Waals surface area contributed by atoms with Crippen LogP contribution in [0.15, 0.2) is 12.1 Å². The van der Waals surface area contributed by atoms with Gasteiger partial charge in [-0.3, -0.25) is 0 Å². The van der Waals surface area contributed by atoms with Gasteiger partial charge in [0.1, 0.15) is 0 Å². The van der Waals surface area contributed by atoms with Gasteiger partial charge in [-0.15, -0.1) is 0 Å². The predicted molar refractivity (Wildman–Crippen MR) is 81.9 cm³/mol. The summed E-state index contributed by atoms with van der Waals surface area (Å²) in [6.07, 6.45) is 1.59. The molecule has 1 aliphatic rings. The van der Waals surface area contributed by atoms with Crippen LogP contribution in [0.3, 0.4) is 0 Å². The molecule has 2 N–H and O–H groups in total. The van der Waals surface area contributed by atoms with Gasteiger partial charge in [-0.1, -0.05) is 24.9 Å². The molecule has 22 heavy (non-hydrogen) atoms. The van der Waals surface area contributed by atoms with Crippen molar-refractivity contribution in [1.29, 1.82) is 5.26 Å². The van der Waals surface area contributed by atoms with E-state index in [1.54, 1.807) is 12.1 Å². The first kappa shape index (κ1) is 14.9. The van der Waals surface area contributed by atoms with Gasteiger partial charge in [0.25, 0.3) is 0 Å². The first-order valence-corrected chi connectivity index (χ1v) is 7.54. The number of ether oxygens (including phenoxy) is 1. The Morgan fingerprint density at radius 2 is 2.36 bits per heavy atom. The van der Waals surface area contributed by atoms with Gasteiger partial charge in [0.15, 0.2) is 0 Å². The molecule has 0 spiro atoms. The van der Waals surface area contributed by atoms with E-state index < -0.39 is 11.6 Å². The summed E-state index contributed by atoms with van der Waals surface area (Å²) in [4.78, 5) is 15.0. The first-order chi connectivity index (χ1) is 10.5. The van der Waals surface area contributed by atoms with Crippen molar-refractivity contribution >= 4 is 28.5 Å². The number of nitrogens with zero attached hydrogens (tertiary/aromatic N) is 1. The van der Waals surface area contributed by atoms with Crippen LogP contribution in [0.25, 0.3) is 10.9 Å². The lowest BCUT2D eigenvalue weighted by Crippen LogP contribution is -2.43. The van der Waals surface area contributed by atoms with Crippen molar-refractivity contribution in [3.05, 3.63) is 34.0 Å². The molecule has 5 nitrogen and oxygen atoms in total. The van der Waals surface area contributed by atoms with Crippen LogP contribution in [0.5, 0.6) is 0 Å². The van der Waals surface area contributed by atoms with Crippen molar-refractivity contribution in [2.45, 2.75) is 31.8 Å². The monoisotopic (exact) mass is 318 g/mol. The number of nitrogens with one attached hydrogen (secondary N) is 1. The number of rotatable bonds is 3. The van der Waals surface area contributed by atoms with Crippen molar-refractivity contribution in [2.75, 3.05) is 6.61 Å². The lowest BCUT2D eigenvalue weighted by Gasteiger charge is -2.33. The number of aromatic amines is 1. The largest absolute Gasteiger partial charge is 0.479 e. The summed E-state index contributed by atoms with van der Waals surface area (Å²) in [5.74, 6) is -1.02. The average molecular weight is 319 g/mol. The van der Waals surface area contributed by atoms with Gasteiger partial charge < -0.3 is 14.8 Å². The van der Waals surface area contributed by atoms with E-state index in [0.29, 0.717) is 47.7 Å². The molecule has 0 saturated heterocycles. The number of aromatic nitrogens is 1. The molecule has 2 aromatic rings. The number of carboxylic acids is 1. The van der Waals surface area contributed by atoms with Crippen LogP contribution in [0.1, 0.15) is 36.6 Å². The van der Waals surface area contributed by atoms with E-state index in [1.165, 1.54) is 0 Å². The molecule has 3 rings (SSSR count). The molecule has 0 fully saturated rings. The highest BCUT2D eigenvalue weighted by Gasteiger charge is 2.46. The summed E-state index contributed by atoms with van der Waals surface area (Å²) in [7, 11) is 0. The SMILES string of the molecule is CCCC1(C(=O)O)OCCc2c1[nH]c1c(Cl)ccc(C#N)c21. The second kappa shape index (κ2) is 5.31. The summed E-state index contributed by atoms with van der Waals surface area (Å²) < 4.78 is 5.68. The number of hydrogen-bond donors (Lipinski definition) is 2. The van der Waals surface area contributed by atoms with E-state index in [1.807, 2.05) is 6.92 Å². The Bertz CT molecular complexity index is 806. The fourth-order valence-corrected chi connectivity index (χ4v) is 3.46. The Hall–Kier alpha value is -2.03. The number of halogens is 1. The molecule has 1 aromatic carbocycles. The Morgan fingerprint density at radius 3 is 3.00 bits per heavy atom. The molecule has 0 radical (unpaired) electrons. The van der Waals surface area contributed by atoms with Crippen LogP contribution >= 0.6 is 11.6 Å². The number of benzene rings is 1. The van der Waals surface area contributed by atoms with Gasteiger partial charge in [-0.05, 0) is 30.5 Å². The third-order valence-electron chi connectivity index (χ3n) is 4.18. The van der Waals surface area contributed by atoms with E-state index in [-0.39, 0.29) is 0 Å². The van der Waals surface area contributed by atoms with Gasteiger partial charge in [0.05, 0.1) is 34.5 Å². The molecule has 0 bridgehead atoms. The lowest BCUT2D eigenvalue weighted by molar-refractivity contribution is -0.171. The van der Waals surface area contributed by atoms with Crippen molar-refractivity contribution in [1.82, 2.24) is 4.98 Å². The number of carbonyl (C=O) groups is 1. The predicted octanol–water partition coefficient (Wildman–Crippen LogP) is 3.35. The van der Waals surface area contributed by atoms with Gasteiger partial charge in [0.2, 0.25) is 5.60 Å². The summed E-state index contributed by atoms with van der Waals surface area (Å²) in [5, 5.41) is 20.3. The molecule has 2 heterocycles. The minimum absolute atomic E-state index is 0.309. The molecule has 1 aliphatic heterocycles. The number of carboxylic acid groups (broad SMARTS) is 1. The molecular formula is C16H15ClN2O3. The zero-order chi connectivity index (χ0) is 15.9. The van der Waals surface area contributed by atoms with Gasteiger partial charge in [-0.2, -0.15) is 5.26 Å². The second-order valence-corrected chi connectivity index (χ2v) is 5.82. The fraction of sp³-hybridized carbons (Fsp3) is 0.375. The molecule has 114 valence electrons. The molecule has 0 aliphatic carbocycles. The second-order valence-electron chi connectivity index (χ2n) is 5.42. The van der Waals surface area contributed by atoms with Crippen molar-refractivity contribution < 1.29 is 14.6 Å². The summed E-state index contributed by atoms with van der Waals surface area (Å²) in [6, 6.07) is 5.46. The topological polar surface area (TPSA) is 86.1 Å². The van der Waals surface area contributed by atoms with Crippen molar-refractivity contribution in [2.24, 2.45) is 0 Å². The number of hydrogen-bond acceptors (Lipinski definition) is 3. The summed E-state index contributed by atoms with van der Waals surface area (Å²) in [6.45, 7) is 2.22. The third-order valence-corrected chi connectivity index (χ3v) is 4.50. The zero-order valence-corrected chi connectivity index (χ0v) is 12.8. The van der Waals surface area contributed by atoms with E-state index in [9.17, 15) is 15.2 Å². The Morgan fingerprint density at radius 1 is 1.59 bits per heavy atom. The van der Waals surface area contributed by atoms with E-state index >= 15 is 0 Å². The fourth-order valence-electron chi connectivity index (χ4n) is 3.25. The normalized spacial score (nSPS) is 20.6. The molecular weight excluding hydrogens is 304 g/mol. The summed E-state index contributed by atoms with van der Waals surface area (Å²) >= 11 is 6.23. The minimum atomic E-state index is -1.39. The van der Waals surface area contributed by atoms with Gasteiger partial charge in [0, 0.05) is 5.39 Å². The smallest absolute Gasteiger partial charge is 0.342 e. The van der Waals surface area contributed by atoms with Crippen LogP contribution in [-0.4, -0.2) is 22.7 Å².